The predicted octanol–water partition coefficient (Wildman–Crippen LogP) is 3.92. The molecule has 0 spiro atoms. The molecule has 26 heavy (non-hydrogen) atoms. The maximum Gasteiger partial charge on any atom is 0.174 e. The number of aromatic nitrogens is 4. The van der Waals surface area contributed by atoms with Crippen LogP contribution in [0.3, 0.4) is 0 Å². The molecule has 0 amide bonds. The van der Waals surface area contributed by atoms with Crippen molar-refractivity contribution in [3.05, 3.63) is 71.6 Å². The highest BCUT2D eigenvalue weighted by Crippen LogP contribution is 2.22. The molecular weight excluding hydrogens is 322 g/mol. The molecule has 1 aliphatic rings. The van der Waals surface area contributed by atoms with Gasteiger partial charge in [-0.1, -0.05) is 36.8 Å². The fourth-order valence-corrected chi connectivity index (χ4v) is 3.46. The Kier molecular flexibility index (Phi) is 4.65. The largest absolute Gasteiger partial charge is 0.344 e. The molecule has 3 aromatic rings. The van der Waals surface area contributed by atoms with Gasteiger partial charge in [0.05, 0.1) is 5.57 Å². The smallest absolute Gasteiger partial charge is 0.174 e. The second-order valence-corrected chi connectivity index (χ2v) is 6.62. The lowest BCUT2D eigenvalue weighted by molar-refractivity contribution is 0.627. The van der Waals surface area contributed by atoms with Gasteiger partial charge in [0.2, 0.25) is 0 Å². The van der Waals surface area contributed by atoms with E-state index in [1.807, 2.05) is 42.6 Å². The van der Waals surface area contributed by atoms with Gasteiger partial charge in [0, 0.05) is 31.4 Å². The topological polar surface area (TPSA) is 59.4 Å². The van der Waals surface area contributed by atoms with Crippen molar-refractivity contribution < 1.29 is 0 Å². The maximum absolute atomic E-state index is 9.74. The van der Waals surface area contributed by atoms with Gasteiger partial charge >= 0.3 is 0 Å². The number of rotatable bonds is 4. The van der Waals surface area contributed by atoms with E-state index in [0.717, 1.165) is 43.9 Å². The molecule has 5 nitrogen and oxygen atoms in total. The Hall–Kier alpha value is -3.13. The van der Waals surface area contributed by atoms with Crippen molar-refractivity contribution in [1.29, 1.82) is 5.26 Å². The minimum absolute atomic E-state index is 0.568. The number of nitrogens with zero attached hydrogens (tertiary/aromatic N) is 5. The van der Waals surface area contributed by atoms with Crippen molar-refractivity contribution in [2.24, 2.45) is 0 Å². The lowest BCUT2D eigenvalue weighted by Gasteiger charge is -2.08. The van der Waals surface area contributed by atoms with E-state index < -0.39 is 0 Å². The Morgan fingerprint density at radius 1 is 1.08 bits per heavy atom. The first-order valence-electron chi connectivity index (χ1n) is 9.08. The van der Waals surface area contributed by atoms with Crippen molar-refractivity contribution in [2.75, 3.05) is 0 Å². The third-order valence-electron chi connectivity index (χ3n) is 4.82. The molecule has 0 unspecified atom stereocenters. The van der Waals surface area contributed by atoms with E-state index in [2.05, 4.69) is 37.5 Å². The van der Waals surface area contributed by atoms with E-state index in [-0.39, 0.29) is 0 Å². The first-order valence-corrected chi connectivity index (χ1v) is 9.08. The van der Waals surface area contributed by atoms with Gasteiger partial charge in [-0.05, 0) is 36.6 Å². The summed E-state index contributed by atoms with van der Waals surface area (Å²) >= 11 is 0. The summed E-state index contributed by atoms with van der Waals surface area (Å²) < 4.78 is 4.26. The summed E-state index contributed by atoms with van der Waals surface area (Å²) in [4.78, 5) is 0. The number of benzene rings is 1. The Morgan fingerprint density at radius 2 is 1.96 bits per heavy atom. The average molecular weight is 343 g/mol. The SMILES string of the molecule is N#C/C(=C\c1cccn1Cc1ccccc1)c1nnc2n1CCCCC2. The molecule has 0 aliphatic carbocycles. The van der Waals surface area contributed by atoms with E-state index in [0.29, 0.717) is 11.4 Å². The Bertz CT molecular complexity index is 956. The van der Waals surface area contributed by atoms with Crippen LogP contribution in [-0.4, -0.2) is 19.3 Å². The van der Waals surface area contributed by atoms with Gasteiger partial charge in [-0.3, -0.25) is 0 Å². The second-order valence-electron chi connectivity index (χ2n) is 6.62. The summed E-state index contributed by atoms with van der Waals surface area (Å²) in [6.07, 6.45) is 8.36. The zero-order valence-electron chi connectivity index (χ0n) is 14.7. The number of hydrogen-bond donors (Lipinski definition) is 0. The minimum Gasteiger partial charge on any atom is -0.344 e. The number of fused-ring (bicyclic) bond motifs is 1. The summed E-state index contributed by atoms with van der Waals surface area (Å²) in [7, 11) is 0. The van der Waals surface area contributed by atoms with Crippen molar-refractivity contribution in [1.82, 2.24) is 19.3 Å². The van der Waals surface area contributed by atoms with Crippen molar-refractivity contribution in [2.45, 2.75) is 38.8 Å². The lowest BCUT2D eigenvalue weighted by Crippen LogP contribution is -2.05. The second kappa shape index (κ2) is 7.40. The van der Waals surface area contributed by atoms with Crippen LogP contribution in [0.4, 0.5) is 0 Å². The standard InChI is InChI=1S/C21H21N5/c22-15-18(21-24-23-20-11-5-2-6-13-26(20)21)14-19-10-7-12-25(19)16-17-8-3-1-4-9-17/h1,3-4,7-10,12,14H,2,5-6,11,13,16H2/b18-14+. The molecule has 5 heteroatoms. The molecule has 0 N–H and O–H groups in total. The highest BCUT2D eigenvalue weighted by atomic mass is 15.3. The van der Waals surface area contributed by atoms with Gasteiger partial charge < -0.3 is 9.13 Å². The quantitative estimate of drug-likeness (QED) is 0.675. The van der Waals surface area contributed by atoms with Gasteiger partial charge in [-0.2, -0.15) is 5.26 Å². The van der Waals surface area contributed by atoms with Crippen LogP contribution < -0.4 is 0 Å². The van der Waals surface area contributed by atoms with Gasteiger partial charge in [0.15, 0.2) is 5.82 Å². The normalized spacial score (nSPS) is 14.5. The Morgan fingerprint density at radius 3 is 2.81 bits per heavy atom. The number of aryl methyl sites for hydroxylation is 1. The monoisotopic (exact) mass is 343 g/mol. The molecule has 0 fully saturated rings. The predicted molar refractivity (Wildman–Crippen MR) is 101 cm³/mol. The maximum atomic E-state index is 9.74. The van der Waals surface area contributed by atoms with Crippen LogP contribution in [-0.2, 0) is 19.5 Å². The van der Waals surface area contributed by atoms with Crippen LogP contribution >= 0.6 is 0 Å². The molecule has 0 saturated carbocycles. The summed E-state index contributed by atoms with van der Waals surface area (Å²) in [5, 5.41) is 18.4. The van der Waals surface area contributed by atoms with E-state index in [4.69, 9.17) is 0 Å². The molecule has 0 atom stereocenters. The summed E-state index contributed by atoms with van der Waals surface area (Å²) in [5.41, 5.74) is 2.79. The van der Waals surface area contributed by atoms with Gasteiger partial charge in [-0.25, -0.2) is 0 Å². The van der Waals surface area contributed by atoms with Crippen molar-refractivity contribution >= 4 is 11.6 Å². The zero-order valence-corrected chi connectivity index (χ0v) is 14.7. The van der Waals surface area contributed by atoms with Crippen LogP contribution in [0.1, 0.15) is 42.2 Å². The van der Waals surface area contributed by atoms with Crippen LogP contribution in [0, 0.1) is 11.3 Å². The van der Waals surface area contributed by atoms with E-state index in [1.54, 1.807) is 0 Å². The zero-order chi connectivity index (χ0) is 17.8. The average Bonchev–Trinajstić information content (AvgIpc) is 3.20. The molecule has 1 aliphatic heterocycles. The first kappa shape index (κ1) is 16.3. The van der Waals surface area contributed by atoms with Crippen LogP contribution in [0.5, 0.6) is 0 Å². The molecule has 2 aromatic heterocycles. The van der Waals surface area contributed by atoms with E-state index in [9.17, 15) is 5.26 Å². The highest BCUT2D eigenvalue weighted by Gasteiger charge is 2.18. The molecule has 130 valence electrons. The van der Waals surface area contributed by atoms with Crippen molar-refractivity contribution in [3.63, 3.8) is 0 Å². The molecular formula is C21H21N5. The number of allylic oxidation sites excluding steroid dienone is 1. The molecule has 3 heterocycles. The Balaban J connectivity index is 1.67. The molecule has 0 bridgehead atoms. The summed E-state index contributed by atoms with van der Waals surface area (Å²) in [6, 6.07) is 16.7. The minimum atomic E-state index is 0.568. The third kappa shape index (κ3) is 3.31. The molecule has 0 radical (unpaired) electrons. The van der Waals surface area contributed by atoms with Crippen molar-refractivity contribution in [3.8, 4) is 6.07 Å². The van der Waals surface area contributed by atoms with E-state index in [1.165, 1.54) is 12.0 Å². The third-order valence-corrected chi connectivity index (χ3v) is 4.82. The number of nitriles is 1. The van der Waals surface area contributed by atoms with Crippen LogP contribution in [0.25, 0.3) is 11.6 Å². The molecule has 4 rings (SSSR count). The lowest BCUT2D eigenvalue weighted by atomic mass is 10.2. The van der Waals surface area contributed by atoms with E-state index >= 15 is 0 Å². The van der Waals surface area contributed by atoms with Crippen LogP contribution in [0.2, 0.25) is 0 Å². The molecule has 0 saturated heterocycles. The van der Waals surface area contributed by atoms with Gasteiger partial charge in [0.1, 0.15) is 11.9 Å². The summed E-state index contributed by atoms with van der Waals surface area (Å²) in [5.74, 6) is 1.69. The summed E-state index contributed by atoms with van der Waals surface area (Å²) in [6.45, 7) is 1.66. The van der Waals surface area contributed by atoms with Gasteiger partial charge in [-0.15, -0.1) is 10.2 Å². The molecule has 1 aromatic carbocycles. The number of hydrogen-bond acceptors (Lipinski definition) is 3. The first-order chi connectivity index (χ1) is 12.8. The fourth-order valence-electron chi connectivity index (χ4n) is 3.46. The Labute approximate surface area is 153 Å². The fraction of sp³-hybridized carbons (Fsp3) is 0.286. The highest BCUT2D eigenvalue weighted by molar-refractivity contribution is 5.86. The van der Waals surface area contributed by atoms with Gasteiger partial charge in [0.25, 0.3) is 0 Å². The van der Waals surface area contributed by atoms with Crippen LogP contribution in [0.15, 0.2) is 48.7 Å².